The Kier molecular flexibility index (Phi) is 6.44. The lowest BCUT2D eigenvalue weighted by atomic mass is 10.5. The minimum Gasteiger partial charge on any atom is -0.466 e. The first kappa shape index (κ1) is 16.4. The molecule has 1 aromatic rings. The third kappa shape index (κ3) is 6.01. The van der Waals surface area contributed by atoms with Crippen molar-refractivity contribution in [2.45, 2.75) is 13.3 Å². The van der Waals surface area contributed by atoms with Crippen molar-refractivity contribution >= 4 is 32.5 Å². The second kappa shape index (κ2) is 7.84. The summed E-state index contributed by atoms with van der Waals surface area (Å²) in [7, 11) is -3.63. The molecule has 0 bridgehead atoms. The largest absolute Gasteiger partial charge is 0.466 e. The second-order valence-electron chi connectivity index (χ2n) is 3.51. The van der Waals surface area contributed by atoms with Crippen LogP contribution in [0.5, 0.6) is 0 Å². The van der Waals surface area contributed by atoms with E-state index in [9.17, 15) is 13.2 Å². The summed E-state index contributed by atoms with van der Waals surface area (Å²) in [4.78, 5) is 15.6. The van der Waals surface area contributed by atoms with Gasteiger partial charge in [-0.1, -0.05) is 23.2 Å². The van der Waals surface area contributed by atoms with Crippen LogP contribution in [0.25, 0.3) is 0 Å². The molecule has 1 aromatic heterocycles. The Balaban J connectivity index is 2.58. The van der Waals surface area contributed by atoms with Gasteiger partial charge in [0.15, 0.2) is 5.13 Å². The molecule has 7 nitrogen and oxygen atoms in total. The molecule has 9 heteroatoms. The van der Waals surface area contributed by atoms with Crippen LogP contribution in [0, 0.1) is 11.8 Å². The molecule has 0 radical (unpaired) electrons. The highest BCUT2D eigenvalue weighted by Crippen LogP contribution is 2.18. The molecule has 1 rings (SSSR count). The number of ether oxygens (including phenoxy) is 1. The number of rotatable bonds is 6. The zero-order valence-corrected chi connectivity index (χ0v) is 12.5. The molecule has 0 aliphatic carbocycles. The summed E-state index contributed by atoms with van der Waals surface area (Å²) in [5.74, 6) is 4.49. The normalized spacial score (nSPS) is 10.5. The van der Waals surface area contributed by atoms with Crippen molar-refractivity contribution in [2.24, 2.45) is 5.73 Å². The maximum atomic E-state index is 11.7. The molecule has 0 aliphatic rings. The van der Waals surface area contributed by atoms with Crippen molar-refractivity contribution in [3.05, 3.63) is 11.1 Å². The van der Waals surface area contributed by atoms with Crippen molar-refractivity contribution in [2.75, 3.05) is 23.6 Å². The number of nitrogens with two attached hydrogens (primary N) is 1. The van der Waals surface area contributed by atoms with E-state index in [0.29, 0.717) is 4.88 Å². The standard InChI is InChI=1S/C11H15N3O4S2/c1-2-18-10(15)5-7-20(16,17)14-11-13-8-9(19-11)4-3-6-12/h8H,2,5-7,12H2,1H3,(H,13,14). The minimum atomic E-state index is -3.63. The van der Waals surface area contributed by atoms with E-state index in [1.165, 1.54) is 6.20 Å². The summed E-state index contributed by atoms with van der Waals surface area (Å²) in [6, 6.07) is 0. The summed E-state index contributed by atoms with van der Waals surface area (Å²) in [5, 5.41) is 0.204. The number of carbonyl (C=O) groups excluding carboxylic acids is 1. The van der Waals surface area contributed by atoms with Crippen LogP contribution in [-0.2, 0) is 19.6 Å². The van der Waals surface area contributed by atoms with Gasteiger partial charge in [0.05, 0.1) is 36.4 Å². The first-order valence-corrected chi connectivity index (χ1v) is 8.24. The van der Waals surface area contributed by atoms with Gasteiger partial charge in [-0.2, -0.15) is 0 Å². The minimum absolute atomic E-state index is 0.200. The van der Waals surface area contributed by atoms with Crippen molar-refractivity contribution in [3.8, 4) is 11.8 Å². The van der Waals surface area contributed by atoms with E-state index < -0.39 is 16.0 Å². The lowest BCUT2D eigenvalue weighted by Crippen LogP contribution is -2.19. The number of carbonyl (C=O) groups is 1. The molecule has 0 spiro atoms. The topological polar surface area (TPSA) is 111 Å². The molecule has 0 saturated carbocycles. The highest BCUT2D eigenvalue weighted by molar-refractivity contribution is 7.92. The number of hydrogen-bond acceptors (Lipinski definition) is 7. The fourth-order valence-corrected chi connectivity index (χ4v) is 3.10. The average Bonchev–Trinajstić information content (AvgIpc) is 2.81. The summed E-state index contributed by atoms with van der Waals surface area (Å²) >= 11 is 1.10. The zero-order chi connectivity index (χ0) is 15.0. The van der Waals surface area contributed by atoms with Gasteiger partial charge < -0.3 is 10.5 Å². The zero-order valence-electron chi connectivity index (χ0n) is 10.9. The van der Waals surface area contributed by atoms with Crippen LogP contribution in [0.15, 0.2) is 6.20 Å². The summed E-state index contributed by atoms with van der Waals surface area (Å²) in [5.41, 5.74) is 5.23. The number of hydrogen-bond donors (Lipinski definition) is 2. The highest BCUT2D eigenvalue weighted by atomic mass is 32.2. The van der Waals surface area contributed by atoms with Crippen LogP contribution in [0.1, 0.15) is 18.2 Å². The lowest BCUT2D eigenvalue weighted by molar-refractivity contribution is -0.142. The number of aromatic nitrogens is 1. The molecule has 1 heterocycles. The average molecular weight is 317 g/mol. The van der Waals surface area contributed by atoms with Gasteiger partial charge in [0, 0.05) is 0 Å². The monoisotopic (exact) mass is 317 g/mol. The molecule has 0 saturated heterocycles. The van der Waals surface area contributed by atoms with Gasteiger partial charge in [-0.05, 0) is 6.92 Å². The Labute approximate surface area is 121 Å². The Morgan fingerprint density at radius 1 is 1.60 bits per heavy atom. The smallest absolute Gasteiger partial charge is 0.306 e. The van der Waals surface area contributed by atoms with Crippen LogP contribution in [0.2, 0.25) is 0 Å². The Bertz CT molecular complexity index is 613. The van der Waals surface area contributed by atoms with E-state index in [1.54, 1.807) is 6.92 Å². The van der Waals surface area contributed by atoms with Crippen molar-refractivity contribution in [3.63, 3.8) is 0 Å². The third-order valence-electron chi connectivity index (χ3n) is 1.94. The fourth-order valence-electron chi connectivity index (χ4n) is 1.15. The van der Waals surface area contributed by atoms with Crippen LogP contribution >= 0.6 is 11.3 Å². The van der Waals surface area contributed by atoms with Gasteiger partial charge in [-0.15, -0.1) is 0 Å². The van der Waals surface area contributed by atoms with E-state index >= 15 is 0 Å². The summed E-state index contributed by atoms with van der Waals surface area (Å²) in [6.45, 7) is 2.10. The molecule has 3 N–H and O–H groups in total. The molecule has 0 amide bonds. The van der Waals surface area contributed by atoms with Gasteiger partial charge in [-0.3, -0.25) is 9.52 Å². The quantitative estimate of drug-likeness (QED) is 0.570. The van der Waals surface area contributed by atoms with Crippen LogP contribution in [-0.4, -0.2) is 38.3 Å². The maximum absolute atomic E-state index is 11.7. The van der Waals surface area contributed by atoms with Crippen molar-refractivity contribution in [1.29, 1.82) is 0 Å². The van der Waals surface area contributed by atoms with Crippen LogP contribution < -0.4 is 10.5 Å². The number of sulfonamides is 1. The summed E-state index contributed by atoms with van der Waals surface area (Å²) in [6.07, 6.45) is 1.25. The number of nitrogens with zero attached hydrogens (tertiary/aromatic N) is 1. The molecule has 110 valence electrons. The highest BCUT2D eigenvalue weighted by Gasteiger charge is 2.15. The molecule has 0 fully saturated rings. The lowest BCUT2D eigenvalue weighted by Gasteiger charge is -2.04. The molecule has 0 unspecified atom stereocenters. The van der Waals surface area contributed by atoms with E-state index in [2.05, 4.69) is 26.3 Å². The van der Waals surface area contributed by atoms with Gasteiger partial charge >= 0.3 is 5.97 Å². The molecule has 0 atom stereocenters. The van der Waals surface area contributed by atoms with Crippen LogP contribution in [0.3, 0.4) is 0 Å². The van der Waals surface area contributed by atoms with E-state index in [4.69, 9.17) is 5.73 Å². The SMILES string of the molecule is CCOC(=O)CCS(=O)(=O)Nc1ncc(C#CCN)s1. The van der Waals surface area contributed by atoms with Crippen LogP contribution in [0.4, 0.5) is 5.13 Å². The van der Waals surface area contributed by atoms with Gasteiger partial charge in [0.1, 0.15) is 0 Å². The number of thiazole rings is 1. The maximum Gasteiger partial charge on any atom is 0.306 e. The second-order valence-corrected chi connectivity index (χ2v) is 6.38. The first-order valence-electron chi connectivity index (χ1n) is 5.77. The van der Waals surface area contributed by atoms with Gasteiger partial charge in [0.25, 0.3) is 0 Å². The first-order chi connectivity index (χ1) is 9.46. The van der Waals surface area contributed by atoms with Gasteiger partial charge in [-0.25, -0.2) is 13.4 Å². The van der Waals surface area contributed by atoms with Crippen molar-refractivity contribution < 1.29 is 17.9 Å². The van der Waals surface area contributed by atoms with E-state index in [1.807, 2.05) is 0 Å². The predicted molar refractivity (Wildman–Crippen MR) is 76.7 cm³/mol. The van der Waals surface area contributed by atoms with E-state index in [-0.39, 0.29) is 30.5 Å². The molecule has 0 aromatic carbocycles. The summed E-state index contributed by atoms with van der Waals surface area (Å²) < 4.78 is 30.4. The van der Waals surface area contributed by atoms with Crippen molar-refractivity contribution in [1.82, 2.24) is 4.98 Å². The fraction of sp³-hybridized carbons (Fsp3) is 0.455. The van der Waals surface area contributed by atoms with E-state index in [0.717, 1.165) is 11.3 Å². The van der Waals surface area contributed by atoms with Gasteiger partial charge in [0.2, 0.25) is 10.0 Å². The molecule has 0 aliphatic heterocycles. The third-order valence-corrected chi connectivity index (χ3v) is 4.15. The molecular weight excluding hydrogens is 302 g/mol. The predicted octanol–water partition coefficient (Wildman–Crippen LogP) is 0.148. The number of anilines is 1. The Hall–Kier alpha value is -1.63. The number of esters is 1. The Morgan fingerprint density at radius 3 is 3.00 bits per heavy atom. The molecular formula is C11H15N3O4S2. The molecule has 20 heavy (non-hydrogen) atoms. The Morgan fingerprint density at radius 2 is 2.35 bits per heavy atom. The number of nitrogens with one attached hydrogen (secondary N) is 1.